The van der Waals surface area contributed by atoms with Gasteiger partial charge in [0.2, 0.25) is 0 Å². The second kappa shape index (κ2) is 5.97. The molecule has 3 rings (SSSR count). The van der Waals surface area contributed by atoms with Crippen molar-refractivity contribution >= 4 is 0 Å². The summed E-state index contributed by atoms with van der Waals surface area (Å²) in [4.78, 5) is 17.0. The van der Waals surface area contributed by atoms with Gasteiger partial charge in [0.15, 0.2) is 17.4 Å². The second-order valence-electron chi connectivity index (χ2n) is 4.43. The Labute approximate surface area is 127 Å². The molecule has 0 aliphatic heterocycles. The Morgan fingerprint density at radius 2 is 1.36 bits per heavy atom. The molecule has 106 valence electrons. The van der Waals surface area contributed by atoms with Crippen molar-refractivity contribution in [2.45, 2.75) is 0 Å². The summed E-state index contributed by atoms with van der Waals surface area (Å²) in [7, 11) is 1.56. The maximum Gasteiger partial charge on any atom is 0.162 e. The van der Waals surface area contributed by atoms with Gasteiger partial charge < -0.3 is 4.74 Å². The van der Waals surface area contributed by atoms with Crippen molar-refractivity contribution in [2.75, 3.05) is 7.11 Å². The minimum absolute atomic E-state index is 0.534. The van der Waals surface area contributed by atoms with Crippen molar-refractivity contribution < 1.29 is 4.74 Å². The summed E-state index contributed by atoms with van der Waals surface area (Å²) in [5.74, 6) is 1.72. The number of benzene rings is 1. The fourth-order valence-corrected chi connectivity index (χ4v) is 1.86. The first kappa shape index (κ1) is 13.6. The summed E-state index contributed by atoms with van der Waals surface area (Å²) in [6.45, 7) is 0. The maximum atomic E-state index is 8.79. The van der Waals surface area contributed by atoms with E-state index < -0.39 is 0 Å². The van der Waals surface area contributed by atoms with Crippen LogP contribution in [-0.4, -0.2) is 27.0 Å². The van der Waals surface area contributed by atoms with Gasteiger partial charge in [0.1, 0.15) is 0 Å². The zero-order valence-corrected chi connectivity index (χ0v) is 11.8. The van der Waals surface area contributed by atoms with Crippen molar-refractivity contribution in [2.24, 2.45) is 0 Å². The number of rotatable bonds is 3. The molecule has 0 amide bonds. The molecule has 3 aromatic rings. The molecule has 0 unspecified atom stereocenters. The normalized spacial score (nSPS) is 10.0. The van der Waals surface area contributed by atoms with Gasteiger partial charge >= 0.3 is 0 Å². The van der Waals surface area contributed by atoms with Crippen LogP contribution in [0.2, 0.25) is 0 Å². The standard InChI is InChI=1S/C16H11N5O/c1-22-14-9-20-16(21-10-14)13-7-18-15(19-8-13)12-4-2-11(6-17)3-5-12/h2-5,7-10H,1H3. The number of methoxy groups -OCH3 is 1. The van der Waals surface area contributed by atoms with E-state index in [2.05, 4.69) is 26.0 Å². The lowest BCUT2D eigenvalue weighted by atomic mass is 10.1. The van der Waals surface area contributed by atoms with Crippen molar-refractivity contribution in [1.82, 2.24) is 19.9 Å². The number of nitrogens with zero attached hydrogens (tertiary/aromatic N) is 5. The van der Waals surface area contributed by atoms with E-state index in [9.17, 15) is 0 Å². The summed E-state index contributed by atoms with van der Waals surface area (Å²) < 4.78 is 5.02. The molecule has 2 aromatic heterocycles. The third-order valence-electron chi connectivity index (χ3n) is 3.05. The lowest BCUT2D eigenvalue weighted by Gasteiger charge is -2.03. The van der Waals surface area contributed by atoms with E-state index in [0.717, 1.165) is 11.1 Å². The molecule has 2 heterocycles. The van der Waals surface area contributed by atoms with Gasteiger partial charge in [0.25, 0.3) is 0 Å². The van der Waals surface area contributed by atoms with Gasteiger partial charge in [-0.1, -0.05) is 0 Å². The average molecular weight is 289 g/mol. The predicted molar refractivity (Wildman–Crippen MR) is 79.8 cm³/mol. The van der Waals surface area contributed by atoms with Crippen LogP contribution in [0.15, 0.2) is 49.1 Å². The number of ether oxygens (including phenoxy) is 1. The highest BCUT2D eigenvalue weighted by Gasteiger charge is 2.05. The zero-order chi connectivity index (χ0) is 15.4. The molecule has 0 N–H and O–H groups in total. The highest BCUT2D eigenvalue weighted by molar-refractivity contribution is 5.59. The van der Waals surface area contributed by atoms with Gasteiger partial charge in [-0.3, -0.25) is 0 Å². The van der Waals surface area contributed by atoms with Gasteiger partial charge in [-0.05, 0) is 24.3 Å². The van der Waals surface area contributed by atoms with Crippen LogP contribution in [0.3, 0.4) is 0 Å². The molecular formula is C16H11N5O. The van der Waals surface area contributed by atoms with Crippen LogP contribution in [0.4, 0.5) is 0 Å². The molecule has 6 heteroatoms. The quantitative estimate of drug-likeness (QED) is 0.736. The third-order valence-corrected chi connectivity index (χ3v) is 3.05. The molecule has 0 atom stereocenters. The van der Waals surface area contributed by atoms with Crippen molar-refractivity contribution in [3.8, 4) is 34.6 Å². The summed E-state index contributed by atoms with van der Waals surface area (Å²) in [6, 6.07) is 9.18. The molecule has 0 aliphatic carbocycles. The van der Waals surface area contributed by atoms with E-state index in [4.69, 9.17) is 10.00 Å². The van der Waals surface area contributed by atoms with E-state index >= 15 is 0 Å². The number of hydrogen-bond acceptors (Lipinski definition) is 6. The minimum atomic E-state index is 0.534. The van der Waals surface area contributed by atoms with Crippen LogP contribution in [0.25, 0.3) is 22.8 Å². The molecule has 1 aromatic carbocycles. The number of hydrogen-bond donors (Lipinski definition) is 0. The van der Waals surface area contributed by atoms with Crippen LogP contribution < -0.4 is 4.74 Å². The minimum Gasteiger partial charge on any atom is -0.494 e. The first-order valence-electron chi connectivity index (χ1n) is 6.49. The Morgan fingerprint density at radius 3 is 1.91 bits per heavy atom. The van der Waals surface area contributed by atoms with Gasteiger partial charge in [-0.2, -0.15) is 5.26 Å². The number of nitriles is 1. The Hall–Kier alpha value is -3.33. The van der Waals surface area contributed by atoms with E-state index in [0.29, 0.717) is 23.0 Å². The zero-order valence-electron chi connectivity index (χ0n) is 11.8. The summed E-state index contributed by atoms with van der Waals surface area (Å²) >= 11 is 0. The summed E-state index contributed by atoms with van der Waals surface area (Å²) in [5, 5.41) is 8.79. The first-order chi connectivity index (χ1) is 10.8. The van der Waals surface area contributed by atoms with Gasteiger partial charge in [-0.15, -0.1) is 0 Å². The first-order valence-corrected chi connectivity index (χ1v) is 6.49. The monoisotopic (exact) mass is 289 g/mol. The summed E-state index contributed by atoms with van der Waals surface area (Å²) in [5.41, 5.74) is 2.17. The molecule has 0 bridgehead atoms. The number of aromatic nitrogens is 4. The molecule has 0 saturated carbocycles. The molecule has 0 radical (unpaired) electrons. The molecule has 22 heavy (non-hydrogen) atoms. The fourth-order valence-electron chi connectivity index (χ4n) is 1.86. The molecule has 6 nitrogen and oxygen atoms in total. The summed E-state index contributed by atoms with van der Waals surface area (Å²) in [6.07, 6.45) is 6.53. The van der Waals surface area contributed by atoms with Crippen molar-refractivity contribution in [3.63, 3.8) is 0 Å². The van der Waals surface area contributed by atoms with E-state index in [-0.39, 0.29) is 0 Å². The smallest absolute Gasteiger partial charge is 0.162 e. The predicted octanol–water partition coefficient (Wildman–Crippen LogP) is 2.48. The molecule has 0 spiro atoms. The van der Waals surface area contributed by atoms with Crippen LogP contribution in [0.1, 0.15) is 5.56 Å². The SMILES string of the molecule is COc1cnc(-c2cnc(-c3ccc(C#N)cc3)nc2)nc1. The van der Waals surface area contributed by atoms with E-state index in [1.165, 1.54) is 0 Å². The molecule has 0 saturated heterocycles. The Bertz CT molecular complexity index is 805. The van der Waals surface area contributed by atoms with Crippen LogP contribution >= 0.6 is 0 Å². The Balaban J connectivity index is 1.86. The van der Waals surface area contributed by atoms with Crippen molar-refractivity contribution in [1.29, 1.82) is 5.26 Å². The largest absolute Gasteiger partial charge is 0.494 e. The van der Waals surface area contributed by atoms with Crippen LogP contribution in [0.5, 0.6) is 5.75 Å². The molecule has 0 aliphatic rings. The Kier molecular flexibility index (Phi) is 3.70. The lowest BCUT2D eigenvalue weighted by Crippen LogP contribution is -1.94. The molecular weight excluding hydrogens is 278 g/mol. The average Bonchev–Trinajstić information content (AvgIpc) is 2.62. The van der Waals surface area contributed by atoms with Crippen LogP contribution in [0, 0.1) is 11.3 Å². The highest BCUT2D eigenvalue weighted by Crippen LogP contribution is 2.19. The molecule has 0 fully saturated rings. The topological polar surface area (TPSA) is 84.6 Å². The van der Waals surface area contributed by atoms with E-state index in [1.807, 2.05) is 12.1 Å². The Morgan fingerprint density at radius 1 is 0.818 bits per heavy atom. The second-order valence-corrected chi connectivity index (χ2v) is 4.43. The van der Waals surface area contributed by atoms with Gasteiger partial charge in [0, 0.05) is 18.0 Å². The fraction of sp³-hybridized carbons (Fsp3) is 0.0625. The van der Waals surface area contributed by atoms with Gasteiger partial charge in [0.05, 0.1) is 36.7 Å². The van der Waals surface area contributed by atoms with Gasteiger partial charge in [-0.25, -0.2) is 19.9 Å². The third kappa shape index (κ3) is 2.74. The lowest BCUT2D eigenvalue weighted by molar-refractivity contribution is 0.411. The van der Waals surface area contributed by atoms with E-state index in [1.54, 1.807) is 44.0 Å². The highest BCUT2D eigenvalue weighted by atomic mass is 16.5. The maximum absolute atomic E-state index is 8.79. The van der Waals surface area contributed by atoms with Crippen LogP contribution in [-0.2, 0) is 0 Å². The van der Waals surface area contributed by atoms with Crippen molar-refractivity contribution in [3.05, 3.63) is 54.6 Å².